The lowest BCUT2D eigenvalue weighted by Gasteiger charge is -2.16. The molecule has 4 rings (SSSR count). The van der Waals surface area contributed by atoms with Crippen molar-refractivity contribution in [3.8, 4) is 5.75 Å². The van der Waals surface area contributed by atoms with Gasteiger partial charge in [-0.2, -0.15) is 0 Å². The molecule has 0 spiro atoms. The lowest BCUT2D eigenvalue weighted by Crippen LogP contribution is -2.19. The summed E-state index contributed by atoms with van der Waals surface area (Å²) in [5.41, 5.74) is 2.79. The summed E-state index contributed by atoms with van der Waals surface area (Å²) < 4.78 is 11.6. The standard InChI is InChI=1S/C24H25NO3/c1-17-8-11-22(23(13-17)28-16-21-7-4-12-27-21)25-24(26)15-18-9-10-19-5-2-3-6-20(19)14-18/h2-3,5-6,8-11,13-14,21H,4,7,12,15-16H2,1H3,(H,25,26). The number of rotatable bonds is 6. The van der Waals surface area contributed by atoms with Gasteiger partial charge in [-0.3, -0.25) is 4.79 Å². The minimum atomic E-state index is -0.0545. The van der Waals surface area contributed by atoms with Crippen molar-refractivity contribution < 1.29 is 14.3 Å². The van der Waals surface area contributed by atoms with Gasteiger partial charge in [-0.05, 0) is 53.8 Å². The molecule has 0 aromatic heterocycles. The molecular formula is C24H25NO3. The molecule has 1 fully saturated rings. The van der Waals surface area contributed by atoms with Gasteiger partial charge < -0.3 is 14.8 Å². The van der Waals surface area contributed by atoms with Crippen molar-refractivity contribution in [1.82, 2.24) is 0 Å². The molecule has 0 radical (unpaired) electrons. The van der Waals surface area contributed by atoms with Gasteiger partial charge >= 0.3 is 0 Å². The average molecular weight is 375 g/mol. The second kappa shape index (κ2) is 8.44. The Hall–Kier alpha value is -2.85. The van der Waals surface area contributed by atoms with Crippen LogP contribution < -0.4 is 10.1 Å². The van der Waals surface area contributed by atoms with Crippen LogP contribution in [0.3, 0.4) is 0 Å². The van der Waals surface area contributed by atoms with Crippen LogP contribution in [0.1, 0.15) is 24.0 Å². The third kappa shape index (κ3) is 4.52. The summed E-state index contributed by atoms with van der Waals surface area (Å²) >= 11 is 0. The first-order valence-corrected chi connectivity index (χ1v) is 9.80. The molecule has 3 aromatic carbocycles. The molecule has 1 aliphatic rings. The summed E-state index contributed by atoms with van der Waals surface area (Å²) in [4.78, 5) is 12.6. The van der Waals surface area contributed by atoms with Gasteiger partial charge in [0.15, 0.2) is 0 Å². The zero-order valence-electron chi connectivity index (χ0n) is 16.1. The molecule has 28 heavy (non-hydrogen) atoms. The molecule has 1 saturated heterocycles. The van der Waals surface area contributed by atoms with Crippen LogP contribution >= 0.6 is 0 Å². The van der Waals surface area contributed by atoms with Gasteiger partial charge in [0, 0.05) is 6.61 Å². The van der Waals surface area contributed by atoms with E-state index in [0.717, 1.165) is 36.0 Å². The molecule has 1 heterocycles. The van der Waals surface area contributed by atoms with E-state index < -0.39 is 0 Å². The predicted molar refractivity (Wildman–Crippen MR) is 112 cm³/mol. The summed E-state index contributed by atoms with van der Waals surface area (Å²) in [7, 11) is 0. The first-order valence-electron chi connectivity index (χ1n) is 9.80. The highest BCUT2D eigenvalue weighted by molar-refractivity contribution is 5.94. The van der Waals surface area contributed by atoms with Crippen LogP contribution in [0.25, 0.3) is 10.8 Å². The van der Waals surface area contributed by atoms with Crippen molar-refractivity contribution in [2.75, 3.05) is 18.5 Å². The van der Waals surface area contributed by atoms with Crippen molar-refractivity contribution in [3.05, 3.63) is 71.8 Å². The monoisotopic (exact) mass is 375 g/mol. The normalized spacial score (nSPS) is 16.2. The SMILES string of the molecule is Cc1ccc(NC(=O)Cc2ccc3ccccc3c2)c(OCC2CCCO2)c1. The maximum absolute atomic E-state index is 12.6. The number of amides is 1. The Morgan fingerprint density at radius 2 is 1.96 bits per heavy atom. The summed E-state index contributed by atoms with van der Waals surface area (Å²) in [6.45, 7) is 3.33. The van der Waals surface area contributed by atoms with E-state index in [1.165, 1.54) is 5.39 Å². The number of hydrogen-bond donors (Lipinski definition) is 1. The molecule has 4 heteroatoms. The highest BCUT2D eigenvalue weighted by Gasteiger charge is 2.17. The maximum atomic E-state index is 12.6. The Labute approximate surface area is 165 Å². The second-order valence-electron chi connectivity index (χ2n) is 7.35. The predicted octanol–water partition coefficient (Wildman–Crippen LogP) is 4.89. The largest absolute Gasteiger partial charge is 0.489 e. The van der Waals surface area contributed by atoms with Crippen LogP contribution in [0.2, 0.25) is 0 Å². The average Bonchev–Trinajstić information content (AvgIpc) is 3.21. The van der Waals surface area contributed by atoms with E-state index >= 15 is 0 Å². The fourth-order valence-electron chi connectivity index (χ4n) is 3.54. The molecule has 4 nitrogen and oxygen atoms in total. The van der Waals surface area contributed by atoms with E-state index in [1.54, 1.807) is 0 Å². The van der Waals surface area contributed by atoms with E-state index in [4.69, 9.17) is 9.47 Å². The lowest BCUT2D eigenvalue weighted by atomic mass is 10.0. The van der Waals surface area contributed by atoms with E-state index in [-0.39, 0.29) is 12.0 Å². The van der Waals surface area contributed by atoms with E-state index in [0.29, 0.717) is 24.5 Å². The highest BCUT2D eigenvalue weighted by Crippen LogP contribution is 2.27. The Kier molecular flexibility index (Phi) is 5.58. The van der Waals surface area contributed by atoms with E-state index in [1.807, 2.05) is 43.3 Å². The maximum Gasteiger partial charge on any atom is 0.228 e. The Morgan fingerprint density at radius 3 is 2.79 bits per heavy atom. The Bertz CT molecular complexity index is 977. The van der Waals surface area contributed by atoms with Gasteiger partial charge in [-0.25, -0.2) is 0 Å². The topological polar surface area (TPSA) is 47.6 Å². The van der Waals surface area contributed by atoms with E-state index in [9.17, 15) is 4.79 Å². The smallest absolute Gasteiger partial charge is 0.228 e. The zero-order chi connectivity index (χ0) is 19.3. The number of hydrogen-bond acceptors (Lipinski definition) is 3. The van der Waals surface area contributed by atoms with Crippen LogP contribution in [0, 0.1) is 6.92 Å². The molecule has 1 N–H and O–H groups in total. The quantitative estimate of drug-likeness (QED) is 0.667. The Balaban J connectivity index is 1.44. The number of carbonyl (C=O) groups excluding carboxylic acids is 1. The number of benzene rings is 3. The van der Waals surface area contributed by atoms with Gasteiger partial charge in [0.05, 0.1) is 18.2 Å². The molecule has 0 aliphatic carbocycles. The van der Waals surface area contributed by atoms with Crippen LogP contribution in [-0.2, 0) is 16.0 Å². The molecule has 1 atom stereocenters. The van der Waals surface area contributed by atoms with Crippen LogP contribution in [0.15, 0.2) is 60.7 Å². The van der Waals surface area contributed by atoms with Crippen molar-refractivity contribution in [2.24, 2.45) is 0 Å². The Morgan fingerprint density at radius 1 is 1.11 bits per heavy atom. The number of anilines is 1. The minimum Gasteiger partial charge on any atom is -0.489 e. The number of carbonyl (C=O) groups is 1. The van der Waals surface area contributed by atoms with Crippen molar-refractivity contribution >= 4 is 22.4 Å². The van der Waals surface area contributed by atoms with Gasteiger partial charge in [-0.15, -0.1) is 0 Å². The summed E-state index contributed by atoms with van der Waals surface area (Å²) in [5, 5.41) is 5.32. The first kappa shape index (κ1) is 18.5. The van der Waals surface area contributed by atoms with Crippen LogP contribution in [-0.4, -0.2) is 25.2 Å². The van der Waals surface area contributed by atoms with E-state index in [2.05, 4.69) is 29.6 Å². The van der Waals surface area contributed by atoms with Gasteiger partial charge in [0.1, 0.15) is 12.4 Å². The number of ether oxygens (including phenoxy) is 2. The highest BCUT2D eigenvalue weighted by atomic mass is 16.5. The summed E-state index contributed by atoms with van der Waals surface area (Å²) in [6, 6.07) is 20.1. The lowest BCUT2D eigenvalue weighted by molar-refractivity contribution is -0.115. The third-order valence-corrected chi connectivity index (χ3v) is 5.04. The molecule has 0 bridgehead atoms. The number of nitrogens with one attached hydrogen (secondary N) is 1. The van der Waals surface area contributed by atoms with Crippen molar-refractivity contribution in [2.45, 2.75) is 32.3 Å². The molecular weight excluding hydrogens is 350 g/mol. The molecule has 1 aliphatic heterocycles. The van der Waals surface area contributed by atoms with Crippen molar-refractivity contribution in [1.29, 1.82) is 0 Å². The third-order valence-electron chi connectivity index (χ3n) is 5.04. The van der Waals surface area contributed by atoms with Gasteiger partial charge in [0.2, 0.25) is 5.91 Å². The summed E-state index contributed by atoms with van der Waals surface area (Å²) in [6.07, 6.45) is 2.57. The molecule has 1 unspecified atom stereocenters. The van der Waals surface area contributed by atoms with Gasteiger partial charge in [0.25, 0.3) is 0 Å². The molecule has 1 amide bonds. The zero-order valence-corrected chi connectivity index (χ0v) is 16.1. The summed E-state index contributed by atoms with van der Waals surface area (Å²) in [5.74, 6) is 0.642. The fourth-order valence-corrected chi connectivity index (χ4v) is 3.54. The number of fused-ring (bicyclic) bond motifs is 1. The molecule has 144 valence electrons. The second-order valence-corrected chi connectivity index (χ2v) is 7.35. The first-order chi connectivity index (χ1) is 13.7. The molecule has 3 aromatic rings. The van der Waals surface area contributed by atoms with Crippen LogP contribution in [0.5, 0.6) is 5.75 Å². The number of aryl methyl sites for hydroxylation is 1. The van der Waals surface area contributed by atoms with Gasteiger partial charge in [-0.1, -0.05) is 48.5 Å². The fraction of sp³-hybridized carbons (Fsp3) is 0.292. The van der Waals surface area contributed by atoms with Crippen LogP contribution in [0.4, 0.5) is 5.69 Å². The minimum absolute atomic E-state index is 0.0545. The molecule has 0 saturated carbocycles. The van der Waals surface area contributed by atoms with Crippen molar-refractivity contribution in [3.63, 3.8) is 0 Å².